The molecule has 3 aromatic heterocycles. The van der Waals surface area contributed by atoms with Crippen molar-refractivity contribution in [2.45, 2.75) is 0 Å². The molecule has 0 fully saturated rings. The van der Waals surface area contributed by atoms with E-state index in [1.54, 1.807) is 0 Å². The fraction of sp³-hybridized carbons (Fsp3) is 0. The summed E-state index contributed by atoms with van der Waals surface area (Å²) in [6.07, 6.45) is 1.96. The normalized spacial score (nSPS) is 12.1. The first-order valence-corrected chi connectivity index (χ1v) is 18.5. The van der Waals surface area contributed by atoms with Crippen LogP contribution in [0.4, 0.5) is 0 Å². The van der Waals surface area contributed by atoms with Crippen LogP contribution in [0.3, 0.4) is 0 Å². The van der Waals surface area contributed by atoms with Crippen LogP contribution >= 0.6 is 0 Å². The molecule has 0 radical (unpaired) electrons. The van der Waals surface area contributed by atoms with Crippen molar-refractivity contribution in [3.63, 3.8) is 0 Å². The first kappa shape index (κ1) is 29.4. The molecule has 11 aromatic rings. The van der Waals surface area contributed by atoms with E-state index in [9.17, 15) is 0 Å². The van der Waals surface area contributed by atoms with Gasteiger partial charge in [0.25, 0.3) is 0 Å². The highest BCUT2D eigenvalue weighted by Gasteiger charge is 2.24. The van der Waals surface area contributed by atoms with Gasteiger partial charge in [-0.1, -0.05) is 115 Å². The molecule has 0 saturated carbocycles. The summed E-state index contributed by atoms with van der Waals surface area (Å²) >= 11 is 0. The zero-order valence-electron chi connectivity index (χ0n) is 29.2. The van der Waals surface area contributed by atoms with E-state index in [-0.39, 0.29) is 0 Å². The number of nitrogens with zero attached hydrogens (tertiary/aromatic N) is 3. The van der Waals surface area contributed by atoms with Crippen LogP contribution in [-0.4, -0.2) is 14.1 Å². The summed E-state index contributed by atoms with van der Waals surface area (Å²) in [4.78, 5) is 4.86. The molecule has 3 nitrogen and oxygen atoms in total. The van der Waals surface area contributed by atoms with E-state index in [1.807, 2.05) is 6.20 Å². The van der Waals surface area contributed by atoms with Crippen LogP contribution in [0.25, 0.3) is 110 Å². The molecule has 0 aliphatic heterocycles. The Kier molecular flexibility index (Phi) is 6.05. The van der Waals surface area contributed by atoms with E-state index in [0.717, 1.165) is 11.4 Å². The topological polar surface area (TPSA) is 22.8 Å². The lowest BCUT2D eigenvalue weighted by Gasteiger charge is -2.11. The van der Waals surface area contributed by atoms with Gasteiger partial charge < -0.3 is 9.13 Å². The van der Waals surface area contributed by atoms with Gasteiger partial charge in [-0.2, -0.15) is 0 Å². The molecule has 12 rings (SSSR count). The minimum atomic E-state index is 1.08. The molecular weight excluding hydrogens is 655 g/mol. The molecule has 0 N–H and O–H groups in total. The molecule has 1 aliphatic carbocycles. The Bertz CT molecular complexity index is 3280. The van der Waals surface area contributed by atoms with Crippen molar-refractivity contribution in [1.29, 1.82) is 0 Å². The summed E-state index contributed by atoms with van der Waals surface area (Å²) in [6, 6.07) is 66.4. The van der Waals surface area contributed by atoms with Crippen LogP contribution < -0.4 is 0 Å². The molecule has 0 saturated heterocycles. The Morgan fingerprint density at radius 2 is 0.870 bits per heavy atom. The summed E-state index contributed by atoms with van der Waals surface area (Å²) in [5.41, 5.74) is 16.8. The minimum absolute atomic E-state index is 1.08. The third-order valence-corrected chi connectivity index (χ3v) is 11.5. The van der Waals surface area contributed by atoms with Crippen LogP contribution in [0, 0.1) is 0 Å². The van der Waals surface area contributed by atoms with Crippen molar-refractivity contribution >= 4 is 54.4 Å². The number of fused-ring (bicyclic) bond motifs is 9. The Morgan fingerprint density at radius 3 is 1.59 bits per heavy atom. The first-order valence-electron chi connectivity index (χ1n) is 18.5. The number of rotatable bonds is 4. The van der Waals surface area contributed by atoms with E-state index in [2.05, 4.69) is 191 Å². The fourth-order valence-corrected chi connectivity index (χ4v) is 9.13. The molecule has 250 valence electrons. The number of pyridine rings is 1. The second kappa shape index (κ2) is 11.1. The van der Waals surface area contributed by atoms with Crippen molar-refractivity contribution in [1.82, 2.24) is 14.1 Å². The van der Waals surface area contributed by atoms with Gasteiger partial charge in [0.05, 0.1) is 27.8 Å². The maximum Gasteiger partial charge on any atom is 0.0792 e. The summed E-state index contributed by atoms with van der Waals surface area (Å²) in [5.74, 6) is 0. The standard InChI is InChI=1S/C51H31N3/c1-3-11-35(12-4-1)53-46-18-10-9-16-39(46)44-29-32(20-25-47(44)53)33-21-26-48-45(30-33)40-22-19-34(31-49(40)54(48)36-13-5-2-6-14-36)37-23-24-41-38-15-7-8-17-43(38)51-50(41)42(37)27-28-52-51/h1-31H. The third kappa shape index (κ3) is 4.09. The molecule has 0 spiro atoms. The maximum atomic E-state index is 4.86. The van der Waals surface area contributed by atoms with Crippen LogP contribution in [0.5, 0.6) is 0 Å². The largest absolute Gasteiger partial charge is 0.309 e. The van der Waals surface area contributed by atoms with Crippen molar-refractivity contribution in [2.75, 3.05) is 0 Å². The van der Waals surface area contributed by atoms with E-state index in [4.69, 9.17) is 4.98 Å². The van der Waals surface area contributed by atoms with Gasteiger partial charge in [0.15, 0.2) is 0 Å². The second-order valence-electron chi connectivity index (χ2n) is 14.3. The van der Waals surface area contributed by atoms with Crippen molar-refractivity contribution in [2.24, 2.45) is 0 Å². The average molecular weight is 686 g/mol. The molecule has 8 aromatic carbocycles. The molecule has 3 heterocycles. The van der Waals surface area contributed by atoms with Gasteiger partial charge in [-0.3, -0.25) is 4.98 Å². The molecule has 0 amide bonds. The Balaban J connectivity index is 1.06. The zero-order valence-corrected chi connectivity index (χ0v) is 29.2. The van der Waals surface area contributed by atoms with E-state index >= 15 is 0 Å². The van der Waals surface area contributed by atoms with Crippen molar-refractivity contribution in [3.8, 4) is 56.0 Å². The maximum absolute atomic E-state index is 4.86. The van der Waals surface area contributed by atoms with Gasteiger partial charge in [0.2, 0.25) is 0 Å². The van der Waals surface area contributed by atoms with Crippen molar-refractivity contribution < 1.29 is 0 Å². The predicted molar refractivity (Wildman–Crippen MR) is 226 cm³/mol. The highest BCUT2D eigenvalue weighted by atomic mass is 15.0. The summed E-state index contributed by atoms with van der Waals surface area (Å²) in [7, 11) is 0. The Hall–Kier alpha value is -7.23. The smallest absolute Gasteiger partial charge is 0.0792 e. The van der Waals surface area contributed by atoms with Gasteiger partial charge in [0.1, 0.15) is 0 Å². The van der Waals surface area contributed by atoms with Gasteiger partial charge in [-0.25, -0.2) is 0 Å². The van der Waals surface area contributed by atoms with E-state index in [1.165, 1.54) is 99.0 Å². The summed E-state index contributed by atoms with van der Waals surface area (Å²) in [5, 5.41) is 7.48. The molecule has 0 unspecified atom stereocenters. The predicted octanol–water partition coefficient (Wildman–Crippen LogP) is 13.4. The first-order chi connectivity index (χ1) is 26.8. The van der Waals surface area contributed by atoms with Crippen molar-refractivity contribution in [3.05, 3.63) is 188 Å². The average Bonchev–Trinajstić information content (AvgIpc) is 3.87. The molecular formula is C51H31N3. The minimum Gasteiger partial charge on any atom is -0.309 e. The summed E-state index contributed by atoms with van der Waals surface area (Å²) in [6.45, 7) is 0. The van der Waals surface area contributed by atoms with Gasteiger partial charge in [-0.15, -0.1) is 0 Å². The molecule has 0 atom stereocenters. The highest BCUT2D eigenvalue weighted by molar-refractivity contribution is 6.18. The lowest BCUT2D eigenvalue weighted by atomic mass is 9.95. The number of para-hydroxylation sites is 3. The van der Waals surface area contributed by atoms with E-state index < -0.39 is 0 Å². The van der Waals surface area contributed by atoms with Crippen LogP contribution in [0.1, 0.15) is 0 Å². The molecule has 0 bridgehead atoms. The van der Waals surface area contributed by atoms with Crippen LogP contribution in [-0.2, 0) is 0 Å². The van der Waals surface area contributed by atoms with Gasteiger partial charge in [-0.05, 0) is 105 Å². The number of hydrogen-bond acceptors (Lipinski definition) is 1. The lowest BCUT2D eigenvalue weighted by Crippen LogP contribution is -1.94. The summed E-state index contributed by atoms with van der Waals surface area (Å²) < 4.78 is 4.80. The number of hydrogen-bond donors (Lipinski definition) is 0. The van der Waals surface area contributed by atoms with Gasteiger partial charge >= 0.3 is 0 Å². The SMILES string of the molecule is c1ccc(-n2c3ccccc3c3cc(-c4ccc5c(c4)c4ccc(-c6ccc7c8c(nccc68)-c6ccccc6-7)cc4n5-c4ccccc4)ccc32)cc1. The molecule has 3 heteroatoms. The second-order valence-corrected chi connectivity index (χ2v) is 14.3. The zero-order chi connectivity index (χ0) is 35.3. The Labute approximate surface area is 311 Å². The highest BCUT2D eigenvalue weighted by Crippen LogP contribution is 2.48. The quantitative estimate of drug-likeness (QED) is 0.181. The molecule has 1 aliphatic rings. The van der Waals surface area contributed by atoms with Crippen LogP contribution in [0.2, 0.25) is 0 Å². The monoisotopic (exact) mass is 685 g/mol. The van der Waals surface area contributed by atoms with E-state index in [0.29, 0.717) is 0 Å². The lowest BCUT2D eigenvalue weighted by molar-refractivity contribution is 1.18. The van der Waals surface area contributed by atoms with Crippen LogP contribution in [0.15, 0.2) is 188 Å². The Morgan fingerprint density at radius 1 is 0.315 bits per heavy atom. The number of aromatic nitrogens is 3. The van der Waals surface area contributed by atoms with Gasteiger partial charge in [0, 0.05) is 50.1 Å². The molecule has 54 heavy (non-hydrogen) atoms. The fourth-order valence-electron chi connectivity index (χ4n) is 9.13. The third-order valence-electron chi connectivity index (χ3n) is 11.5. The number of benzene rings is 8.